The molecule has 3 unspecified atom stereocenters. The van der Waals surface area contributed by atoms with Crippen molar-refractivity contribution in [1.82, 2.24) is 15.5 Å². The first-order valence-corrected chi connectivity index (χ1v) is 11.8. The number of rotatable bonds is 12. The Morgan fingerprint density at radius 2 is 1.76 bits per heavy atom. The molecule has 0 aliphatic heterocycles. The molecule has 0 aliphatic carbocycles. The van der Waals surface area contributed by atoms with E-state index in [9.17, 15) is 19.5 Å². The zero-order chi connectivity index (χ0) is 25.0. The Hall–Kier alpha value is -2.61. The van der Waals surface area contributed by atoms with Gasteiger partial charge in [0.2, 0.25) is 11.8 Å². The molecule has 0 heterocycles. The topological polar surface area (TPSA) is 108 Å². The minimum absolute atomic E-state index is 0.0531. The summed E-state index contributed by atoms with van der Waals surface area (Å²) in [4.78, 5) is 40.8. The second kappa shape index (κ2) is 13.8. The van der Waals surface area contributed by atoms with Crippen LogP contribution in [-0.2, 0) is 14.3 Å². The van der Waals surface area contributed by atoms with Crippen LogP contribution in [0.1, 0.15) is 72.4 Å². The van der Waals surface area contributed by atoms with Gasteiger partial charge >= 0.3 is 6.09 Å². The summed E-state index contributed by atoms with van der Waals surface area (Å²) in [5.41, 5.74) is -0.0858. The van der Waals surface area contributed by atoms with Gasteiger partial charge in [-0.2, -0.15) is 0 Å². The molecule has 0 fully saturated rings. The van der Waals surface area contributed by atoms with Gasteiger partial charge in [-0.05, 0) is 38.7 Å². The van der Waals surface area contributed by atoms with Crippen molar-refractivity contribution in [1.29, 1.82) is 0 Å². The third kappa shape index (κ3) is 9.42. The second-order valence-corrected chi connectivity index (χ2v) is 9.22. The maximum absolute atomic E-state index is 13.7. The Labute approximate surface area is 198 Å². The lowest BCUT2D eigenvalue weighted by Crippen LogP contribution is -2.55. The summed E-state index contributed by atoms with van der Waals surface area (Å²) in [6.45, 7) is 11.2. The van der Waals surface area contributed by atoms with Crippen molar-refractivity contribution < 1.29 is 24.2 Å². The molecule has 1 rings (SSSR count). The zero-order valence-corrected chi connectivity index (χ0v) is 20.9. The van der Waals surface area contributed by atoms with E-state index in [-0.39, 0.29) is 25.0 Å². The van der Waals surface area contributed by atoms with Gasteiger partial charge < -0.3 is 25.4 Å². The number of aliphatic hydroxyl groups is 1. The maximum atomic E-state index is 13.7. The Morgan fingerprint density at radius 1 is 1.12 bits per heavy atom. The molecule has 1 aromatic carbocycles. The Morgan fingerprint density at radius 3 is 2.27 bits per heavy atom. The number of carbonyl (C=O) groups excluding carboxylic acids is 3. The van der Waals surface area contributed by atoms with Crippen molar-refractivity contribution in [3.8, 4) is 0 Å². The highest BCUT2D eigenvalue weighted by atomic mass is 16.6. The molecular weight excluding hydrogens is 422 g/mol. The number of amides is 3. The van der Waals surface area contributed by atoms with Crippen LogP contribution in [0.15, 0.2) is 30.3 Å². The highest BCUT2D eigenvalue weighted by Crippen LogP contribution is 2.24. The first kappa shape index (κ1) is 28.4. The van der Waals surface area contributed by atoms with Gasteiger partial charge in [0, 0.05) is 13.1 Å². The van der Waals surface area contributed by atoms with Crippen LogP contribution in [0.2, 0.25) is 0 Å². The quantitative estimate of drug-likeness (QED) is 0.412. The SMILES string of the molecule is CCCCNC(=O)C(c1ccccc1)N(CCO)C(=O)C(NC(=O)OC(C)(C)C)C(C)CC. The molecule has 0 aromatic heterocycles. The molecule has 8 heteroatoms. The summed E-state index contributed by atoms with van der Waals surface area (Å²) in [5.74, 6) is -0.980. The molecule has 1 aromatic rings. The van der Waals surface area contributed by atoms with E-state index < -0.39 is 29.7 Å². The summed E-state index contributed by atoms with van der Waals surface area (Å²) < 4.78 is 5.36. The van der Waals surface area contributed by atoms with Gasteiger partial charge in [-0.25, -0.2) is 4.79 Å². The van der Waals surface area contributed by atoms with Gasteiger partial charge in [-0.15, -0.1) is 0 Å². The molecule has 186 valence electrons. The highest BCUT2D eigenvalue weighted by Gasteiger charge is 2.37. The number of carbonyl (C=O) groups is 3. The lowest BCUT2D eigenvalue weighted by atomic mass is 9.95. The molecule has 0 bridgehead atoms. The van der Waals surface area contributed by atoms with E-state index in [1.807, 2.05) is 26.8 Å². The van der Waals surface area contributed by atoms with E-state index in [0.29, 0.717) is 18.5 Å². The zero-order valence-electron chi connectivity index (χ0n) is 20.9. The first-order valence-electron chi connectivity index (χ1n) is 11.8. The van der Waals surface area contributed by atoms with Crippen molar-refractivity contribution in [3.05, 3.63) is 35.9 Å². The van der Waals surface area contributed by atoms with E-state index >= 15 is 0 Å². The van der Waals surface area contributed by atoms with E-state index in [0.717, 1.165) is 12.8 Å². The van der Waals surface area contributed by atoms with Gasteiger partial charge in [0.25, 0.3) is 0 Å². The minimum Gasteiger partial charge on any atom is -0.444 e. The molecule has 3 atom stereocenters. The standard InChI is InChI=1S/C25H41N3O5/c1-7-9-15-26-22(30)21(19-13-11-10-12-14-19)28(16-17-29)23(31)20(18(3)8-2)27-24(32)33-25(4,5)6/h10-14,18,20-21,29H,7-9,15-17H2,1-6H3,(H,26,30)(H,27,32). The van der Waals surface area contributed by atoms with Crippen molar-refractivity contribution in [2.45, 2.75) is 78.5 Å². The van der Waals surface area contributed by atoms with E-state index in [1.165, 1.54) is 4.90 Å². The molecular formula is C25H41N3O5. The smallest absolute Gasteiger partial charge is 0.408 e. The number of hydrogen-bond acceptors (Lipinski definition) is 5. The van der Waals surface area contributed by atoms with E-state index in [1.54, 1.807) is 45.0 Å². The molecule has 0 aliphatic rings. The van der Waals surface area contributed by atoms with Crippen molar-refractivity contribution in [2.24, 2.45) is 5.92 Å². The Kier molecular flexibility index (Phi) is 11.9. The number of nitrogens with zero attached hydrogens (tertiary/aromatic N) is 1. The lowest BCUT2D eigenvalue weighted by Gasteiger charge is -2.35. The fourth-order valence-corrected chi connectivity index (χ4v) is 3.36. The molecule has 0 spiro atoms. The van der Waals surface area contributed by atoms with Gasteiger partial charge in [0.15, 0.2) is 0 Å². The Bertz CT molecular complexity index is 748. The third-order valence-corrected chi connectivity index (χ3v) is 5.28. The minimum atomic E-state index is -0.935. The predicted molar refractivity (Wildman–Crippen MR) is 129 cm³/mol. The molecule has 8 nitrogen and oxygen atoms in total. The Balaban J connectivity index is 3.32. The van der Waals surface area contributed by atoms with Crippen LogP contribution in [0, 0.1) is 5.92 Å². The van der Waals surface area contributed by atoms with Gasteiger partial charge in [-0.1, -0.05) is 63.9 Å². The fourth-order valence-electron chi connectivity index (χ4n) is 3.36. The second-order valence-electron chi connectivity index (χ2n) is 9.22. The fraction of sp³-hybridized carbons (Fsp3) is 0.640. The molecule has 3 N–H and O–H groups in total. The lowest BCUT2D eigenvalue weighted by molar-refractivity contribution is -0.144. The van der Waals surface area contributed by atoms with Crippen LogP contribution < -0.4 is 10.6 Å². The molecule has 0 radical (unpaired) electrons. The summed E-state index contributed by atoms with van der Waals surface area (Å²) >= 11 is 0. The number of nitrogens with one attached hydrogen (secondary N) is 2. The van der Waals surface area contributed by atoms with Crippen molar-refractivity contribution in [2.75, 3.05) is 19.7 Å². The molecule has 0 saturated carbocycles. The molecule has 33 heavy (non-hydrogen) atoms. The third-order valence-electron chi connectivity index (χ3n) is 5.28. The van der Waals surface area contributed by atoms with Crippen LogP contribution in [0.5, 0.6) is 0 Å². The van der Waals surface area contributed by atoms with Gasteiger partial charge in [0.05, 0.1) is 6.61 Å². The van der Waals surface area contributed by atoms with Crippen LogP contribution >= 0.6 is 0 Å². The number of ether oxygens (including phenoxy) is 1. The number of unbranched alkanes of at least 4 members (excludes halogenated alkanes) is 1. The number of benzene rings is 1. The molecule has 3 amide bonds. The average Bonchev–Trinajstić information content (AvgIpc) is 2.76. The summed E-state index contributed by atoms with van der Waals surface area (Å²) in [6, 6.07) is 7.14. The maximum Gasteiger partial charge on any atom is 0.408 e. The van der Waals surface area contributed by atoms with Crippen LogP contribution in [0.3, 0.4) is 0 Å². The van der Waals surface area contributed by atoms with Crippen molar-refractivity contribution in [3.63, 3.8) is 0 Å². The van der Waals surface area contributed by atoms with Crippen LogP contribution in [-0.4, -0.2) is 59.3 Å². The molecule has 0 saturated heterocycles. The number of aliphatic hydroxyl groups excluding tert-OH is 1. The summed E-state index contributed by atoms with van der Waals surface area (Å²) in [6.07, 6.45) is 1.66. The monoisotopic (exact) mass is 463 g/mol. The van der Waals surface area contributed by atoms with E-state index in [4.69, 9.17) is 4.74 Å². The van der Waals surface area contributed by atoms with Gasteiger partial charge in [-0.3, -0.25) is 9.59 Å². The van der Waals surface area contributed by atoms with Crippen molar-refractivity contribution >= 4 is 17.9 Å². The van der Waals surface area contributed by atoms with Gasteiger partial charge in [0.1, 0.15) is 17.7 Å². The van der Waals surface area contributed by atoms with E-state index in [2.05, 4.69) is 10.6 Å². The largest absolute Gasteiger partial charge is 0.444 e. The van der Waals surface area contributed by atoms with Crippen LogP contribution in [0.25, 0.3) is 0 Å². The summed E-state index contributed by atoms with van der Waals surface area (Å²) in [7, 11) is 0. The number of alkyl carbamates (subject to hydrolysis) is 1. The van der Waals surface area contributed by atoms with Crippen LogP contribution in [0.4, 0.5) is 4.79 Å². The normalized spacial score (nSPS) is 14.0. The highest BCUT2D eigenvalue weighted by molar-refractivity contribution is 5.92. The number of hydrogen-bond donors (Lipinski definition) is 3. The summed E-state index contributed by atoms with van der Waals surface area (Å²) in [5, 5.41) is 15.4. The first-order chi connectivity index (χ1) is 15.6. The predicted octanol–water partition coefficient (Wildman–Crippen LogP) is 3.40. The average molecular weight is 464 g/mol.